The average molecular weight is 402 g/mol. The van der Waals surface area contributed by atoms with Crippen LogP contribution in [0.3, 0.4) is 0 Å². The topological polar surface area (TPSA) is 96.0 Å². The van der Waals surface area contributed by atoms with E-state index in [1.54, 1.807) is 30.3 Å². The van der Waals surface area contributed by atoms with Gasteiger partial charge in [-0.2, -0.15) is 0 Å². The Morgan fingerprint density at radius 3 is 2.07 bits per heavy atom. The molecule has 1 unspecified atom stereocenters. The summed E-state index contributed by atoms with van der Waals surface area (Å²) in [5.41, 5.74) is 1.50. The third-order valence-electron chi connectivity index (χ3n) is 3.45. The van der Waals surface area contributed by atoms with Gasteiger partial charge in [0, 0.05) is 11.6 Å². The molecule has 1 atom stereocenters. The zero-order valence-corrected chi connectivity index (χ0v) is 16.9. The molecule has 0 saturated carbocycles. The van der Waals surface area contributed by atoms with Crippen LogP contribution in [-0.4, -0.2) is 44.0 Å². The highest BCUT2D eigenvalue weighted by molar-refractivity contribution is 6.04. The molecule has 0 fully saturated rings. The molecule has 0 spiro atoms. The molecule has 0 aliphatic rings. The Balaban J connectivity index is 0.00000113. The molecule has 1 aromatic carbocycles. The van der Waals surface area contributed by atoms with E-state index in [2.05, 4.69) is 24.5 Å². The summed E-state index contributed by atoms with van der Waals surface area (Å²) in [6.07, 6.45) is 2.69. The number of carbonyl (C=O) groups excluding carboxylic acids is 4. The van der Waals surface area contributed by atoms with Crippen LogP contribution < -0.4 is 0 Å². The van der Waals surface area contributed by atoms with Gasteiger partial charge in [0.15, 0.2) is 0 Å². The summed E-state index contributed by atoms with van der Waals surface area (Å²) in [4.78, 5) is 45.1. The number of rotatable bonds is 9. The molecule has 0 heterocycles. The van der Waals surface area contributed by atoms with Crippen molar-refractivity contribution in [2.75, 3.05) is 20.3 Å². The Morgan fingerprint density at radius 1 is 1.03 bits per heavy atom. The van der Waals surface area contributed by atoms with Crippen molar-refractivity contribution in [1.82, 2.24) is 0 Å². The number of carbonyl (C=O) groups is 4. The number of methoxy groups -OCH3 is 1. The molecule has 0 N–H and O–H groups in total. The fourth-order valence-electron chi connectivity index (χ4n) is 2.04. The predicted molar refractivity (Wildman–Crippen MR) is 109 cm³/mol. The van der Waals surface area contributed by atoms with Crippen LogP contribution in [0.5, 0.6) is 0 Å². The molecule has 156 valence electrons. The molecular weight excluding hydrogens is 376 g/mol. The van der Waals surface area contributed by atoms with E-state index in [0.29, 0.717) is 11.1 Å². The molecule has 0 amide bonds. The normalized spacial score (nSPS) is 10.3. The quantitative estimate of drug-likeness (QED) is 0.206. The number of Topliss-reactive ketones (excluding diaryl/α,β-unsaturated/α-hetero) is 1. The standard InChI is InChI=1S/C18H20O5.C4H6O2/c1-5-14-8-6-7-9-15(14)16(13(4)19)18(21)23-11-10-22-17(20)12(2)3;1-3-4(5)6-2/h5-9,16H,1-2,10-11H2,3-4H3;3H,1H2,2H3. The summed E-state index contributed by atoms with van der Waals surface area (Å²) in [5, 5.41) is 0. The van der Waals surface area contributed by atoms with Crippen LogP contribution >= 0.6 is 0 Å². The Labute approximate surface area is 170 Å². The van der Waals surface area contributed by atoms with Crippen molar-refractivity contribution < 1.29 is 33.4 Å². The van der Waals surface area contributed by atoms with Gasteiger partial charge in [0.05, 0.1) is 7.11 Å². The fraction of sp³-hybridized carbons (Fsp3) is 0.273. The van der Waals surface area contributed by atoms with Crippen molar-refractivity contribution in [3.8, 4) is 0 Å². The van der Waals surface area contributed by atoms with E-state index >= 15 is 0 Å². The predicted octanol–water partition coefficient (Wildman–Crippen LogP) is 3.01. The van der Waals surface area contributed by atoms with Crippen molar-refractivity contribution in [1.29, 1.82) is 0 Å². The molecule has 7 heteroatoms. The van der Waals surface area contributed by atoms with Gasteiger partial charge in [0.2, 0.25) is 0 Å². The number of esters is 3. The van der Waals surface area contributed by atoms with Crippen molar-refractivity contribution in [2.45, 2.75) is 19.8 Å². The van der Waals surface area contributed by atoms with Gasteiger partial charge in [-0.3, -0.25) is 9.59 Å². The van der Waals surface area contributed by atoms with E-state index in [1.165, 1.54) is 21.0 Å². The van der Waals surface area contributed by atoms with E-state index in [-0.39, 0.29) is 24.6 Å². The second kappa shape index (κ2) is 13.7. The highest BCUT2D eigenvalue weighted by atomic mass is 16.6. The van der Waals surface area contributed by atoms with E-state index < -0.39 is 23.8 Å². The summed E-state index contributed by atoms with van der Waals surface area (Å²) < 4.78 is 14.0. The third kappa shape index (κ3) is 9.32. The number of ketones is 1. The summed E-state index contributed by atoms with van der Waals surface area (Å²) in [6, 6.07) is 6.98. The highest BCUT2D eigenvalue weighted by Gasteiger charge is 2.28. The van der Waals surface area contributed by atoms with Crippen LogP contribution in [0, 0.1) is 0 Å². The second-order valence-electron chi connectivity index (χ2n) is 5.69. The molecule has 1 aromatic rings. The van der Waals surface area contributed by atoms with Crippen molar-refractivity contribution in [3.63, 3.8) is 0 Å². The monoisotopic (exact) mass is 402 g/mol. The summed E-state index contributed by atoms with van der Waals surface area (Å²) in [6.45, 7) is 12.9. The Morgan fingerprint density at radius 2 is 1.62 bits per heavy atom. The smallest absolute Gasteiger partial charge is 0.333 e. The summed E-state index contributed by atoms with van der Waals surface area (Å²) >= 11 is 0. The van der Waals surface area contributed by atoms with Gasteiger partial charge >= 0.3 is 17.9 Å². The van der Waals surface area contributed by atoms with Gasteiger partial charge in [-0.15, -0.1) is 0 Å². The van der Waals surface area contributed by atoms with Gasteiger partial charge in [-0.1, -0.05) is 50.1 Å². The molecule has 29 heavy (non-hydrogen) atoms. The Bertz CT molecular complexity index is 777. The van der Waals surface area contributed by atoms with Crippen LogP contribution in [0.4, 0.5) is 0 Å². The largest absolute Gasteiger partial charge is 0.466 e. The van der Waals surface area contributed by atoms with E-state index in [1.807, 2.05) is 0 Å². The van der Waals surface area contributed by atoms with Crippen LogP contribution in [0.1, 0.15) is 30.9 Å². The zero-order chi connectivity index (χ0) is 22.4. The maximum atomic E-state index is 12.2. The second-order valence-corrected chi connectivity index (χ2v) is 5.69. The van der Waals surface area contributed by atoms with Gasteiger partial charge < -0.3 is 14.2 Å². The van der Waals surface area contributed by atoms with Gasteiger partial charge in [0.25, 0.3) is 0 Å². The van der Waals surface area contributed by atoms with Crippen LogP contribution in [0.2, 0.25) is 0 Å². The maximum absolute atomic E-state index is 12.2. The van der Waals surface area contributed by atoms with E-state index in [0.717, 1.165) is 6.08 Å². The highest BCUT2D eigenvalue weighted by Crippen LogP contribution is 2.23. The first kappa shape index (κ1) is 25.5. The average Bonchev–Trinajstić information content (AvgIpc) is 2.70. The molecular formula is C22H26O7. The SMILES string of the molecule is C=CC(=O)OC.C=Cc1ccccc1C(C(C)=O)C(=O)OCCOC(=O)C(=C)C. The first-order chi connectivity index (χ1) is 13.7. The molecule has 0 aliphatic carbocycles. The van der Waals surface area contributed by atoms with Crippen LogP contribution in [0.25, 0.3) is 6.08 Å². The number of ether oxygens (including phenoxy) is 3. The van der Waals surface area contributed by atoms with Crippen molar-refractivity contribution in [3.05, 3.63) is 66.8 Å². The number of hydrogen-bond donors (Lipinski definition) is 0. The minimum atomic E-state index is -1.03. The Kier molecular flexibility index (Phi) is 12.0. The van der Waals surface area contributed by atoms with Gasteiger partial charge in [0.1, 0.15) is 24.9 Å². The van der Waals surface area contributed by atoms with Crippen molar-refractivity contribution in [2.24, 2.45) is 0 Å². The first-order valence-corrected chi connectivity index (χ1v) is 8.61. The van der Waals surface area contributed by atoms with Gasteiger partial charge in [-0.25, -0.2) is 9.59 Å². The Hall–Kier alpha value is -3.48. The lowest BCUT2D eigenvalue weighted by molar-refractivity contribution is -0.153. The lowest BCUT2D eigenvalue weighted by Gasteiger charge is -2.16. The minimum Gasteiger partial charge on any atom is -0.466 e. The zero-order valence-electron chi connectivity index (χ0n) is 16.9. The lowest BCUT2D eigenvalue weighted by Crippen LogP contribution is -2.25. The molecule has 0 aliphatic heterocycles. The van der Waals surface area contributed by atoms with E-state index in [9.17, 15) is 19.2 Å². The molecule has 0 bridgehead atoms. The molecule has 0 radical (unpaired) electrons. The third-order valence-corrected chi connectivity index (χ3v) is 3.45. The molecule has 0 saturated heterocycles. The first-order valence-electron chi connectivity index (χ1n) is 8.61. The van der Waals surface area contributed by atoms with Crippen LogP contribution in [-0.2, 0) is 33.4 Å². The molecule has 1 rings (SSSR count). The summed E-state index contributed by atoms with van der Waals surface area (Å²) in [5.74, 6) is -2.99. The molecule has 0 aromatic heterocycles. The fourth-order valence-corrected chi connectivity index (χ4v) is 2.04. The lowest BCUT2D eigenvalue weighted by atomic mass is 9.91. The minimum absolute atomic E-state index is 0.0921. The summed E-state index contributed by atoms with van der Waals surface area (Å²) in [7, 11) is 1.31. The molecule has 7 nitrogen and oxygen atoms in total. The van der Waals surface area contributed by atoms with Crippen LogP contribution in [0.15, 0.2) is 55.7 Å². The van der Waals surface area contributed by atoms with E-state index in [4.69, 9.17) is 9.47 Å². The van der Waals surface area contributed by atoms with Crippen molar-refractivity contribution >= 4 is 29.8 Å². The number of benzene rings is 1. The number of hydrogen-bond acceptors (Lipinski definition) is 7. The van der Waals surface area contributed by atoms with Gasteiger partial charge in [-0.05, 0) is 25.0 Å². The maximum Gasteiger partial charge on any atom is 0.333 e.